The number of hydrogen-bond acceptors (Lipinski definition) is 1. The SMILES string of the molecule is CCC(C)C(C=CC(C)C)C1CC(F)=CC(F)=C1c1ccccn1. The van der Waals surface area contributed by atoms with E-state index in [-0.39, 0.29) is 24.1 Å². The van der Waals surface area contributed by atoms with Gasteiger partial charge < -0.3 is 0 Å². The molecule has 0 bridgehead atoms. The van der Waals surface area contributed by atoms with Gasteiger partial charge in [0.15, 0.2) is 0 Å². The summed E-state index contributed by atoms with van der Waals surface area (Å²) in [5, 5.41) is 0. The average Bonchev–Trinajstić information content (AvgIpc) is 2.54. The molecule has 24 heavy (non-hydrogen) atoms. The van der Waals surface area contributed by atoms with Gasteiger partial charge in [-0.2, -0.15) is 0 Å². The zero-order valence-corrected chi connectivity index (χ0v) is 15.0. The zero-order valence-electron chi connectivity index (χ0n) is 15.0. The highest BCUT2D eigenvalue weighted by Gasteiger charge is 2.34. The number of pyridine rings is 1. The molecule has 0 saturated carbocycles. The molecular weight excluding hydrogens is 304 g/mol. The third-order valence-corrected chi connectivity index (χ3v) is 4.75. The van der Waals surface area contributed by atoms with Crippen molar-refractivity contribution >= 4 is 5.57 Å². The van der Waals surface area contributed by atoms with E-state index < -0.39 is 5.83 Å². The molecular formula is C21H27F2N. The molecule has 0 radical (unpaired) electrons. The Morgan fingerprint density at radius 3 is 2.54 bits per heavy atom. The lowest BCUT2D eigenvalue weighted by Crippen LogP contribution is -2.24. The van der Waals surface area contributed by atoms with Crippen LogP contribution < -0.4 is 0 Å². The Morgan fingerprint density at radius 1 is 1.21 bits per heavy atom. The Morgan fingerprint density at radius 2 is 1.96 bits per heavy atom. The summed E-state index contributed by atoms with van der Waals surface area (Å²) >= 11 is 0. The lowest BCUT2D eigenvalue weighted by atomic mass is 9.72. The number of aromatic nitrogens is 1. The summed E-state index contributed by atoms with van der Waals surface area (Å²) in [6, 6.07) is 5.45. The van der Waals surface area contributed by atoms with Crippen molar-refractivity contribution in [2.45, 2.75) is 40.5 Å². The molecule has 0 saturated heterocycles. The topological polar surface area (TPSA) is 12.9 Å². The van der Waals surface area contributed by atoms with E-state index in [1.54, 1.807) is 18.3 Å². The van der Waals surface area contributed by atoms with Gasteiger partial charge in [0.2, 0.25) is 0 Å². The highest BCUT2D eigenvalue weighted by Crippen LogP contribution is 2.44. The summed E-state index contributed by atoms with van der Waals surface area (Å²) in [5.74, 6) is -0.276. The van der Waals surface area contributed by atoms with Crippen molar-refractivity contribution in [3.63, 3.8) is 0 Å². The summed E-state index contributed by atoms with van der Waals surface area (Å²) in [6.07, 6.45) is 8.16. The van der Waals surface area contributed by atoms with Crippen molar-refractivity contribution in [3.8, 4) is 0 Å². The maximum atomic E-state index is 14.7. The minimum atomic E-state index is -0.492. The van der Waals surface area contributed by atoms with E-state index in [4.69, 9.17) is 0 Å². The Kier molecular flexibility index (Phi) is 6.47. The van der Waals surface area contributed by atoms with E-state index in [1.165, 1.54) is 0 Å². The van der Waals surface area contributed by atoms with Crippen molar-refractivity contribution in [1.29, 1.82) is 0 Å². The monoisotopic (exact) mass is 331 g/mol. The molecule has 0 spiro atoms. The summed E-state index contributed by atoms with van der Waals surface area (Å²) in [4.78, 5) is 4.32. The first-order chi connectivity index (χ1) is 11.4. The molecule has 2 rings (SSSR count). The van der Waals surface area contributed by atoms with Gasteiger partial charge >= 0.3 is 0 Å². The van der Waals surface area contributed by atoms with Crippen LogP contribution in [0.3, 0.4) is 0 Å². The van der Waals surface area contributed by atoms with Gasteiger partial charge in [0.1, 0.15) is 11.7 Å². The van der Waals surface area contributed by atoms with Crippen molar-refractivity contribution < 1.29 is 8.78 Å². The molecule has 0 aliphatic heterocycles. The van der Waals surface area contributed by atoms with E-state index in [0.717, 1.165) is 12.5 Å². The van der Waals surface area contributed by atoms with Crippen LogP contribution in [0.1, 0.15) is 46.2 Å². The fourth-order valence-electron chi connectivity index (χ4n) is 3.27. The van der Waals surface area contributed by atoms with E-state index in [2.05, 4.69) is 44.8 Å². The molecule has 3 atom stereocenters. The lowest BCUT2D eigenvalue weighted by Gasteiger charge is -2.33. The fourth-order valence-corrected chi connectivity index (χ4v) is 3.27. The van der Waals surface area contributed by atoms with Crippen molar-refractivity contribution in [3.05, 3.63) is 60.0 Å². The van der Waals surface area contributed by atoms with Gasteiger partial charge in [0, 0.05) is 30.2 Å². The van der Waals surface area contributed by atoms with E-state index >= 15 is 0 Å². The highest BCUT2D eigenvalue weighted by molar-refractivity contribution is 5.71. The van der Waals surface area contributed by atoms with Crippen LogP contribution in [-0.2, 0) is 0 Å². The molecule has 1 aliphatic carbocycles. The van der Waals surface area contributed by atoms with E-state index in [0.29, 0.717) is 23.1 Å². The third-order valence-electron chi connectivity index (χ3n) is 4.75. The van der Waals surface area contributed by atoms with Crippen LogP contribution in [0.15, 0.2) is 54.3 Å². The van der Waals surface area contributed by atoms with Crippen LogP contribution in [0.5, 0.6) is 0 Å². The third kappa shape index (κ3) is 4.40. The number of rotatable bonds is 6. The Balaban J connectivity index is 2.49. The molecule has 0 aromatic carbocycles. The van der Waals surface area contributed by atoms with Crippen LogP contribution in [0.4, 0.5) is 8.78 Å². The van der Waals surface area contributed by atoms with Crippen LogP contribution in [-0.4, -0.2) is 4.98 Å². The molecule has 0 amide bonds. The minimum absolute atomic E-state index is 0.0830. The number of nitrogens with zero attached hydrogens (tertiary/aromatic N) is 1. The molecule has 1 aromatic rings. The molecule has 1 heterocycles. The number of halogens is 2. The Hall–Kier alpha value is -1.77. The predicted molar refractivity (Wildman–Crippen MR) is 96.5 cm³/mol. The predicted octanol–water partition coefficient (Wildman–Crippen LogP) is 6.51. The van der Waals surface area contributed by atoms with Gasteiger partial charge in [-0.1, -0.05) is 52.3 Å². The first-order valence-electron chi connectivity index (χ1n) is 8.79. The van der Waals surface area contributed by atoms with Gasteiger partial charge in [-0.05, 0) is 29.9 Å². The van der Waals surface area contributed by atoms with Crippen molar-refractivity contribution in [2.24, 2.45) is 23.7 Å². The van der Waals surface area contributed by atoms with Crippen molar-refractivity contribution in [1.82, 2.24) is 4.98 Å². The molecule has 0 fully saturated rings. The van der Waals surface area contributed by atoms with Crippen molar-refractivity contribution in [2.75, 3.05) is 0 Å². The summed E-state index contributed by atoms with van der Waals surface area (Å²) < 4.78 is 28.7. The van der Waals surface area contributed by atoms with E-state index in [1.807, 2.05) is 6.07 Å². The van der Waals surface area contributed by atoms with Crippen LogP contribution >= 0.6 is 0 Å². The summed E-state index contributed by atoms with van der Waals surface area (Å²) in [5.41, 5.74) is 1.14. The maximum Gasteiger partial charge on any atom is 0.131 e. The van der Waals surface area contributed by atoms with E-state index in [9.17, 15) is 8.78 Å². The normalized spacial score (nSPS) is 21.3. The Bertz CT molecular complexity index is 628. The second-order valence-corrected chi connectivity index (χ2v) is 6.97. The van der Waals surface area contributed by atoms with Gasteiger partial charge in [-0.15, -0.1) is 0 Å². The second kappa shape index (κ2) is 8.36. The smallest absolute Gasteiger partial charge is 0.131 e. The second-order valence-electron chi connectivity index (χ2n) is 6.97. The van der Waals surface area contributed by atoms with Crippen LogP contribution in [0.2, 0.25) is 0 Å². The minimum Gasteiger partial charge on any atom is -0.256 e. The van der Waals surface area contributed by atoms with Gasteiger partial charge in [-0.3, -0.25) is 4.98 Å². The molecule has 1 aliphatic rings. The van der Waals surface area contributed by atoms with Gasteiger partial charge in [0.05, 0.1) is 5.69 Å². The summed E-state index contributed by atoms with van der Waals surface area (Å²) in [7, 11) is 0. The van der Waals surface area contributed by atoms with Crippen LogP contribution in [0.25, 0.3) is 5.57 Å². The van der Waals surface area contributed by atoms with Crippen LogP contribution in [0, 0.1) is 23.7 Å². The van der Waals surface area contributed by atoms with Gasteiger partial charge in [0.25, 0.3) is 0 Å². The zero-order chi connectivity index (χ0) is 17.7. The highest BCUT2D eigenvalue weighted by atomic mass is 19.1. The molecule has 0 N–H and O–H groups in total. The average molecular weight is 331 g/mol. The lowest BCUT2D eigenvalue weighted by molar-refractivity contribution is 0.318. The fraction of sp³-hybridized carbons (Fsp3) is 0.476. The number of hydrogen-bond donors (Lipinski definition) is 0. The molecule has 1 nitrogen and oxygen atoms in total. The first kappa shape index (κ1) is 18.6. The largest absolute Gasteiger partial charge is 0.256 e. The molecule has 130 valence electrons. The molecule has 1 aromatic heterocycles. The quantitative estimate of drug-likeness (QED) is 0.541. The first-order valence-corrected chi connectivity index (χ1v) is 8.79. The number of allylic oxidation sites excluding steroid dienone is 6. The van der Waals surface area contributed by atoms with Gasteiger partial charge in [-0.25, -0.2) is 8.78 Å². The summed E-state index contributed by atoms with van der Waals surface area (Å²) in [6.45, 7) is 8.50. The standard InChI is InChI=1S/C21H27F2N/c1-5-15(4)17(10-9-14(2)3)18-12-16(22)13-19(23)21(18)20-8-6-7-11-24-20/h6-11,13-15,17-18H,5,12H2,1-4H3. The molecule has 3 heteroatoms. The molecule has 3 unspecified atom stereocenters. The maximum absolute atomic E-state index is 14.7. The Labute approximate surface area is 144 Å².